The highest BCUT2D eigenvalue weighted by molar-refractivity contribution is 5.36. The van der Waals surface area contributed by atoms with Crippen LogP contribution < -0.4 is 5.73 Å². The molecule has 0 amide bonds. The summed E-state index contributed by atoms with van der Waals surface area (Å²) in [5.41, 5.74) is 9.06. The van der Waals surface area contributed by atoms with Crippen molar-refractivity contribution in [1.29, 1.82) is 0 Å². The van der Waals surface area contributed by atoms with E-state index < -0.39 is 0 Å². The molecule has 1 aromatic heterocycles. The van der Waals surface area contributed by atoms with Crippen LogP contribution in [0.1, 0.15) is 17.7 Å². The number of aromatic nitrogens is 2. The van der Waals surface area contributed by atoms with Gasteiger partial charge in [0.2, 0.25) is 0 Å². The molecule has 0 bridgehead atoms. The van der Waals surface area contributed by atoms with Crippen LogP contribution in [0.3, 0.4) is 0 Å². The molecule has 4 heteroatoms. The molecule has 2 N–H and O–H groups in total. The highest BCUT2D eigenvalue weighted by Crippen LogP contribution is 2.23. The largest absolute Gasteiger partial charge is 0.327 e. The summed E-state index contributed by atoms with van der Waals surface area (Å²) in [6, 6.07) is 6.74. The van der Waals surface area contributed by atoms with Crippen LogP contribution in [0.15, 0.2) is 30.5 Å². The maximum Gasteiger partial charge on any atom is 0.125 e. The van der Waals surface area contributed by atoms with Gasteiger partial charge in [-0.3, -0.25) is 0 Å². The number of hydrogen-bond acceptors (Lipinski definition) is 2. The van der Waals surface area contributed by atoms with E-state index in [-0.39, 0.29) is 11.9 Å². The number of hydrogen-bond donors (Lipinski definition) is 1. The van der Waals surface area contributed by atoms with E-state index in [2.05, 4.69) is 5.10 Å². The van der Waals surface area contributed by atoms with E-state index in [0.717, 1.165) is 30.6 Å². The Morgan fingerprint density at radius 3 is 3.12 bits per heavy atom. The van der Waals surface area contributed by atoms with E-state index in [1.165, 1.54) is 17.7 Å². The fourth-order valence-electron chi connectivity index (χ4n) is 2.38. The molecule has 1 aromatic carbocycles. The zero-order chi connectivity index (χ0) is 11.8. The minimum absolute atomic E-state index is 0.229. The summed E-state index contributed by atoms with van der Waals surface area (Å²) in [5, 5.41) is 4.34. The van der Waals surface area contributed by atoms with Gasteiger partial charge in [0.05, 0.1) is 11.9 Å². The van der Waals surface area contributed by atoms with E-state index in [0.29, 0.717) is 0 Å². The standard InChI is InChI=1S/C13H14FN3/c14-10-2-1-3-12(7-10)17-13-5-4-11(15)6-9(13)8-16-17/h1-3,7-8,11H,4-6,15H2. The second-order valence-corrected chi connectivity index (χ2v) is 4.51. The molecule has 0 spiro atoms. The Bertz CT molecular complexity index is 547. The number of fused-ring (bicyclic) bond motifs is 1. The molecule has 1 atom stereocenters. The highest BCUT2D eigenvalue weighted by Gasteiger charge is 2.20. The van der Waals surface area contributed by atoms with Gasteiger partial charge in [0, 0.05) is 11.7 Å². The molecule has 3 rings (SSSR count). The molecular formula is C13H14FN3. The van der Waals surface area contributed by atoms with Crippen LogP contribution in [0.4, 0.5) is 4.39 Å². The van der Waals surface area contributed by atoms with Crippen LogP contribution in [0.25, 0.3) is 5.69 Å². The molecular weight excluding hydrogens is 217 g/mol. The molecule has 1 aliphatic rings. The summed E-state index contributed by atoms with van der Waals surface area (Å²) in [6.07, 6.45) is 4.59. The number of nitrogens with two attached hydrogens (primary N) is 1. The lowest BCUT2D eigenvalue weighted by Gasteiger charge is -2.19. The van der Waals surface area contributed by atoms with Crippen molar-refractivity contribution in [2.75, 3.05) is 0 Å². The van der Waals surface area contributed by atoms with Crippen molar-refractivity contribution in [3.63, 3.8) is 0 Å². The number of halogens is 1. The van der Waals surface area contributed by atoms with Crippen molar-refractivity contribution in [3.05, 3.63) is 47.5 Å². The summed E-state index contributed by atoms with van der Waals surface area (Å²) < 4.78 is 15.0. The second-order valence-electron chi connectivity index (χ2n) is 4.51. The van der Waals surface area contributed by atoms with Gasteiger partial charge in [-0.25, -0.2) is 9.07 Å². The topological polar surface area (TPSA) is 43.8 Å². The molecule has 1 unspecified atom stereocenters. The van der Waals surface area contributed by atoms with Crippen molar-refractivity contribution in [3.8, 4) is 5.69 Å². The van der Waals surface area contributed by atoms with Gasteiger partial charge in [-0.1, -0.05) is 6.07 Å². The first-order chi connectivity index (χ1) is 8.24. The van der Waals surface area contributed by atoms with E-state index in [1.807, 2.05) is 16.9 Å². The summed E-state index contributed by atoms with van der Waals surface area (Å²) in [5.74, 6) is -0.237. The average Bonchev–Trinajstić information content (AvgIpc) is 2.71. The minimum Gasteiger partial charge on any atom is -0.327 e. The minimum atomic E-state index is -0.237. The monoisotopic (exact) mass is 231 g/mol. The van der Waals surface area contributed by atoms with Crippen LogP contribution in [0.5, 0.6) is 0 Å². The van der Waals surface area contributed by atoms with Crippen LogP contribution >= 0.6 is 0 Å². The molecule has 0 radical (unpaired) electrons. The number of rotatable bonds is 1. The molecule has 0 fully saturated rings. The van der Waals surface area contributed by atoms with Gasteiger partial charge in [-0.05, 0) is 43.0 Å². The molecule has 1 heterocycles. The first-order valence-electron chi connectivity index (χ1n) is 5.81. The number of nitrogens with zero attached hydrogens (tertiary/aromatic N) is 2. The van der Waals surface area contributed by atoms with Gasteiger partial charge >= 0.3 is 0 Å². The molecule has 17 heavy (non-hydrogen) atoms. The Labute approximate surface area is 99.1 Å². The number of benzene rings is 1. The summed E-state index contributed by atoms with van der Waals surface area (Å²) >= 11 is 0. The lowest BCUT2D eigenvalue weighted by molar-refractivity contribution is 0.561. The fourth-order valence-corrected chi connectivity index (χ4v) is 2.38. The van der Waals surface area contributed by atoms with Crippen molar-refractivity contribution in [1.82, 2.24) is 9.78 Å². The predicted molar refractivity (Wildman–Crippen MR) is 63.5 cm³/mol. The Hall–Kier alpha value is -1.68. The first-order valence-corrected chi connectivity index (χ1v) is 5.81. The van der Waals surface area contributed by atoms with E-state index in [4.69, 9.17) is 5.73 Å². The Morgan fingerprint density at radius 2 is 2.29 bits per heavy atom. The molecule has 88 valence electrons. The molecule has 1 aliphatic carbocycles. The van der Waals surface area contributed by atoms with Gasteiger partial charge in [0.15, 0.2) is 0 Å². The zero-order valence-corrected chi connectivity index (χ0v) is 9.44. The normalized spacial score (nSPS) is 19.1. The van der Waals surface area contributed by atoms with Gasteiger partial charge < -0.3 is 5.73 Å². The SMILES string of the molecule is NC1CCc2c(cnn2-c2cccc(F)c2)C1. The first kappa shape index (κ1) is 10.5. The molecule has 0 aliphatic heterocycles. The van der Waals surface area contributed by atoms with Crippen LogP contribution in [0, 0.1) is 5.82 Å². The maximum absolute atomic E-state index is 13.2. The van der Waals surface area contributed by atoms with Gasteiger partial charge in [-0.15, -0.1) is 0 Å². The van der Waals surface area contributed by atoms with E-state index in [9.17, 15) is 4.39 Å². The van der Waals surface area contributed by atoms with Crippen LogP contribution in [-0.4, -0.2) is 15.8 Å². The highest BCUT2D eigenvalue weighted by atomic mass is 19.1. The lowest BCUT2D eigenvalue weighted by Crippen LogP contribution is -2.28. The van der Waals surface area contributed by atoms with Crippen molar-refractivity contribution < 1.29 is 4.39 Å². The van der Waals surface area contributed by atoms with Crippen molar-refractivity contribution >= 4 is 0 Å². The summed E-state index contributed by atoms with van der Waals surface area (Å²) in [7, 11) is 0. The smallest absolute Gasteiger partial charge is 0.125 e. The zero-order valence-electron chi connectivity index (χ0n) is 9.44. The fraction of sp³-hybridized carbons (Fsp3) is 0.308. The second kappa shape index (κ2) is 3.96. The summed E-state index contributed by atoms with van der Waals surface area (Å²) in [6.45, 7) is 0. The average molecular weight is 231 g/mol. The Morgan fingerprint density at radius 1 is 1.41 bits per heavy atom. The molecule has 0 saturated heterocycles. The van der Waals surface area contributed by atoms with Crippen molar-refractivity contribution in [2.24, 2.45) is 5.73 Å². The maximum atomic E-state index is 13.2. The Kier molecular flexibility index (Phi) is 2.44. The van der Waals surface area contributed by atoms with E-state index in [1.54, 1.807) is 6.07 Å². The third-order valence-electron chi connectivity index (χ3n) is 3.24. The Balaban J connectivity index is 2.05. The van der Waals surface area contributed by atoms with Crippen molar-refractivity contribution in [2.45, 2.75) is 25.3 Å². The van der Waals surface area contributed by atoms with E-state index >= 15 is 0 Å². The van der Waals surface area contributed by atoms with Crippen LogP contribution in [0.2, 0.25) is 0 Å². The molecule has 0 saturated carbocycles. The quantitative estimate of drug-likeness (QED) is 0.813. The summed E-state index contributed by atoms with van der Waals surface area (Å²) in [4.78, 5) is 0. The van der Waals surface area contributed by atoms with Gasteiger partial charge in [0.25, 0.3) is 0 Å². The van der Waals surface area contributed by atoms with Gasteiger partial charge in [0.1, 0.15) is 5.82 Å². The van der Waals surface area contributed by atoms with Crippen LogP contribution in [-0.2, 0) is 12.8 Å². The predicted octanol–water partition coefficient (Wildman–Crippen LogP) is 1.83. The third kappa shape index (κ3) is 1.85. The van der Waals surface area contributed by atoms with Gasteiger partial charge in [-0.2, -0.15) is 5.10 Å². The molecule has 3 nitrogen and oxygen atoms in total. The third-order valence-corrected chi connectivity index (χ3v) is 3.24. The lowest BCUT2D eigenvalue weighted by atomic mass is 9.94. The molecule has 2 aromatic rings.